The first-order valence-electron chi connectivity index (χ1n) is 9.60. The molecule has 2 aliphatic rings. The number of benzene rings is 1. The molecule has 1 fully saturated rings. The Kier molecular flexibility index (Phi) is 4.91. The summed E-state index contributed by atoms with van der Waals surface area (Å²) < 4.78 is 11.0. The molecule has 2 aliphatic heterocycles. The van der Waals surface area contributed by atoms with Crippen LogP contribution in [0.2, 0.25) is 0 Å². The predicted molar refractivity (Wildman–Crippen MR) is 105 cm³/mol. The van der Waals surface area contributed by atoms with E-state index >= 15 is 0 Å². The lowest BCUT2D eigenvalue weighted by molar-refractivity contribution is 0.0968. The number of likely N-dealkylation sites (tertiary alicyclic amines) is 1. The van der Waals surface area contributed by atoms with Crippen LogP contribution in [-0.2, 0) is 13.0 Å². The van der Waals surface area contributed by atoms with Gasteiger partial charge in [-0.1, -0.05) is 13.0 Å². The molecule has 0 radical (unpaired) electrons. The predicted octanol–water partition coefficient (Wildman–Crippen LogP) is 3.12. The van der Waals surface area contributed by atoms with Gasteiger partial charge < -0.3 is 14.4 Å². The second kappa shape index (κ2) is 7.35. The summed E-state index contributed by atoms with van der Waals surface area (Å²) in [5, 5.41) is 0. The van der Waals surface area contributed by atoms with E-state index < -0.39 is 0 Å². The fraction of sp³-hybridized carbons (Fsp3) is 0.524. The molecule has 0 aliphatic carbocycles. The molecule has 0 bridgehead atoms. The molecule has 0 saturated carbocycles. The van der Waals surface area contributed by atoms with E-state index in [1.165, 1.54) is 24.0 Å². The third kappa shape index (κ3) is 4.16. The van der Waals surface area contributed by atoms with Crippen LogP contribution < -0.4 is 14.4 Å². The second-order valence-corrected chi connectivity index (χ2v) is 8.27. The van der Waals surface area contributed by atoms with E-state index in [4.69, 9.17) is 9.47 Å². The number of aromatic nitrogens is 2. The zero-order valence-electron chi connectivity index (χ0n) is 16.4. The Hall–Kier alpha value is -2.34. The van der Waals surface area contributed by atoms with Crippen molar-refractivity contribution in [3.63, 3.8) is 0 Å². The minimum Gasteiger partial charge on any atom is -0.454 e. The SMILES string of the molecule is CN(C)c1ncc(CN2CCC[C@](C)(Cc3ccc4c(c3)OCO4)C2)cn1. The Balaban J connectivity index is 1.40. The molecule has 6 heteroatoms. The second-order valence-electron chi connectivity index (χ2n) is 8.27. The highest BCUT2D eigenvalue weighted by atomic mass is 16.7. The van der Waals surface area contributed by atoms with E-state index in [1.54, 1.807) is 0 Å². The largest absolute Gasteiger partial charge is 0.454 e. The van der Waals surface area contributed by atoms with Crippen molar-refractivity contribution >= 4 is 5.95 Å². The number of fused-ring (bicyclic) bond motifs is 1. The van der Waals surface area contributed by atoms with Crippen molar-refractivity contribution in [3.8, 4) is 11.5 Å². The quantitative estimate of drug-likeness (QED) is 0.808. The molecular formula is C21H28N4O2. The lowest BCUT2D eigenvalue weighted by Crippen LogP contribution is -2.42. The molecule has 1 atom stereocenters. The number of anilines is 1. The smallest absolute Gasteiger partial charge is 0.231 e. The Morgan fingerprint density at radius 1 is 1.11 bits per heavy atom. The lowest BCUT2D eigenvalue weighted by atomic mass is 9.77. The summed E-state index contributed by atoms with van der Waals surface area (Å²) in [7, 11) is 3.92. The van der Waals surface area contributed by atoms with Gasteiger partial charge in [-0.25, -0.2) is 9.97 Å². The van der Waals surface area contributed by atoms with Gasteiger partial charge in [0.25, 0.3) is 0 Å². The average Bonchev–Trinajstić information content (AvgIpc) is 3.09. The Morgan fingerprint density at radius 3 is 2.67 bits per heavy atom. The molecule has 1 aromatic carbocycles. The van der Waals surface area contributed by atoms with Gasteiger partial charge in [0.1, 0.15) is 0 Å². The molecule has 4 rings (SSSR count). The van der Waals surface area contributed by atoms with Gasteiger partial charge in [-0.3, -0.25) is 4.90 Å². The van der Waals surface area contributed by atoms with Gasteiger partial charge in [0.05, 0.1) is 0 Å². The molecule has 1 aromatic heterocycles. The van der Waals surface area contributed by atoms with Crippen LogP contribution in [0.3, 0.4) is 0 Å². The van der Waals surface area contributed by atoms with Gasteiger partial charge in [-0.15, -0.1) is 0 Å². The van der Waals surface area contributed by atoms with Crippen molar-refractivity contribution in [1.29, 1.82) is 0 Å². The van der Waals surface area contributed by atoms with Gasteiger partial charge >= 0.3 is 0 Å². The minimum absolute atomic E-state index is 0.260. The first kappa shape index (κ1) is 18.0. The third-order valence-electron chi connectivity index (χ3n) is 5.43. The molecule has 0 N–H and O–H groups in total. The van der Waals surface area contributed by atoms with Crippen molar-refractivity contribution in [2.24, 2.45) is 5.41 Å². The summed E-state index contributed by atoms with van der Waals surface area (Å²) in [5.41, 5.74) is 2.76. The summed E-state index contributed by atoms with van der Waals surface area (Å²) in [6.45, 7) is 5.85. The number of ether oxygens (including phenoxy) is 2. The molecular weight excluding hydrogens is 340 g/mol. The number of nitrogens with zero attached hydrogens (tertiary/aromatic N) is 4. The van der Waals surface area contributed by atoms with Crippen LogP contribution in [0, 0.1) is 5.41 Å². The van der Waals surface area contributed by atoms with Crippen molar-refractivity contribution in [2.75, 3.05) is 38.9 Å². The van der Waals surface area contributed by atoms with Crippen molar-refractivity contribution < 1.29 is 9.47 Å². The van der Waals surface area contributed by atoms with Crippen LogP contribution in [0.1, 0.15) is 30.9 Å². The third-order valence-corrected chi connectivity index (χ3v) is 5.43. The number of hydrogen-bond acceptors (Lipinski definition) is 6. The molecule has 2 aromatic rings. The Bertz CT molecular complexity index is 793. The maximum Gasteiger partial charge on any atom is 0.231 e. The summed E-state index contributed by atoms with van der Waals surface area (Å²) in [6, 6.07) is 6.34. The fourth-order valence-corrected chi connectivity index (χ4v) is 4.17. The highest BCUT2D eigenvalue weighted by Crippen LogP contribution is 2.37. The molecule has 6 nitrogen and oxygen atoms in total. The molecule has 144 valence electrons. The maximum atomic E-state index is 5.54. The van der Waals surface area contributed by atoms with Gasteiger partial charge in [-0.2, -0.15) is 0 Å². The summed E-state index contributed by atoms with van der Waals surface area (Å²) in [4.78, 5) is 13.3. The van der Waals surface area contributed by atoms with Gasteiger partial charge in [0, 0.05) is 45.1 Å². The topological polar surface area (TPSA) is 50.7 Å². The standard InChI is InChI=1S/C21H28N4O2/c1-21(10-16-5-6-18-19(9-16)27-15-26-18)7-4-8-25(14-21)13-17-11-22-20(23-12-17)24(2)3/h5-6,9,11-12H,4,7-8,10,13-15H2,1-3H3/t21-/m1/s1. The number of piperidine rings is 1. The van der Waals surface area contributed by atoms with E-state index in [2.05, 4.69) is 33.9 Å². The van der Waals surface area contributed by atoms with E-state index in [9.17, 15) is 0 Å². The van der Waals surface area contributed by atoms with Gasteiger partial charge in [-0.05, 0) is 48.9 Å². The molecule has 0 unspecified atom stereocenters. The normalized spacial score (nSPS) is 22.0. The first-order valence-corrected chi connectivity index (χ1v) is 9.60. The molecule has 27 heavy (non-hydrogen) atoms. The van der Waals surface area contributed by atoms with Crippen molar-refractivity contribution in [2.45, 2.75) is 32.7 Å². The monoisotopic (exact) mass is 368 g/mol. The van der Waals surface area contributed by atoms with Gasteiger partial charge in [0.15, 0.2) is 11.5 Å². The van der Waals surface area contributed by atoms with Crippen LogP contribution in [0.5, 0.6) is 11.5 Å². The van der Waals surface area contributed by atoms with Crippen molar-refractivity contribution in [1.82, 2.24) is 14.9 Å². The molecule has 0 spiro atoms. The summed E-state index contributed by atoms with van der Waals surface area (Å²) in [6.07, 6.45) is 7.42. The number of hydrogen-bond donors (Lipinski definition) is 0. The Morgan fingerprint density at radius 2 is 1.89 bits per heavy atom. The molecule has 3 heterocycles. The molecule has 0 amide bonds. The van der Waals surface area contributed by atoms with Crippen LogP contribution in [-0.4, -0.2) is 48.8 Å². The Labute approximate surface area is 161 Å². The van der Waals surface area contributed by atoms with Crippen molar-refractivity contribution in [3.05, 3.63) is 41.7 Å². The van der Waals surface area contributed by atoms with E-state index in [-0.39, 0.29) is 5.41 Å². The zero-order chi connectivity index (χ0) is 18.9. The zero-order valence-corrected chi connectivity index (χ0v) is 16.4. The van der Waals surface area contributed by atoms with Crippen LogP contribution in [0.4, 0.5) is 5.95 Å². The summed E-state index contributed by atoms with van der Waals surface area (Å²) >= 11 is 0. The maximum absolute atomic E-state index is 5.54. The minimum atomic E-state index is 0.260. The highest BCUT2D eigenvalue weighted by Gasteiger charge is 2.31. The van der Waals surface area contributed by atoms with E-state index in [1.807, 2.05) is 37.5 Å². The van der Waals surface area contributed by atoms with E-state index in [0.717, 1.165) is 43.5 Å². The van der Waals surface area contributed by atoms with Crippen LogP contribution >= 0.6 is 0 Å². The fourth-order valence-electron chi connectivity index (χ4n) is 4.17. The first-order chi connectivity index (χ1) is 13.0. The summed E-state index contributed by atoms with van der Waals surface area (Å²) in [5.74, 6) is 2.49. The lowest BCUT2D eigenvalue weighted by Gasteiger charge is -2.40. The van der Waals surface area contributed by atoms with Gasteiger partial charge in [0.2, 0.25) is 12.7 Å². The highest BCUT2D eigenvalue weighted by molar-refractivity contribution is 5.44. The van der Waals surface area contributed by atoms with E-state index in [0.29, 0.717) is 6.79 Å². The van der Waals surface area contributed by atoms with Crippen LogP contribution in [0.15, 0.2) is 30.6 Å². The molecule has 1 saturated heterocycles. The average molecular weight is 368 g/mol. The number of rotatable bonds is 5. The van der Waals surface area contributed by atoms with Crippen LogP contribution in [0.25, 0.3) is 0 Å².